The summed E-state index contributed by atoms with van der Waals surface area (Å²) in [5.74, 6) is 0. The number of hydrogen-bond acceptors (Lipinski definition) is 2. The van der Waals surface area contributed by atoms with Gasteiger partial charge in [-0.15, -0.1) is 0 Å². The maximum Gasteiger partial charge on any atom is 0.0681 e. The molecule has 0 amide bonds. The monoisotopic (exact) mass is 283 g/mol. The molecule has 0 spiro atoms. The summed E-state index contributed by atoms with van der Waals surface area (Å²) in [6.07, 6.45) is 0. The van der Waals surface area contributed by atoms with Crippen molar-refractivity contribution in [1.29, 1.82) is 0 Å². The molecule has 2 heteroatoms. The van der Waals surface area contributed by atoms with Crippen LogP contribution in [0.2, 0.25) is 0 Å². The smallest absolute Gasteiger partial charge is 0.0681 e. The van der Waals surface area contributed by atoms with Crippen LogP contribution in [0, 0.1) is 20.8 Å². The van der Waals surface area contributed by atoms with E-state index in [-0.39, 0.29) is 6.61 Å². The maximum absolute atomic E-state index is 9.20. The Bertz CT molecular complexity index is 596. The van der Waals surface area contributed by atoms with Crippen LogP contribution in [0.15, 0.2) is 36.4 Å². The quantitative estimate of drug-likeness (QED) is 0.870. The van der Waals surface area contributed by atoms with E-state index in [1.54, 1.807) is 0 Å². The van der Waals surface area contributed by atoms with Gasteiger partial charge >= 0.3 is 0 Å². The summed E-state index contributed by atoms with van der Waals surface area (Å²) in [4.78, 5) is 0. The SMILES string of the molecule is Cc1cc(C)c(C(C)NCc2cccc(CO)c2)c(C)c1. The van der Waals surface area contributed by atoms with Crippen LogP contribution in [0.3, 0.4) is 0 Å². The molecule has 0 aliphatic heterocycles. The Labute approximate surface area is 127 Å². The van der Waals surface area contributed by atoms with E-state index in [2.05, 4.69) is 57.3 Å². The fourth-order valence-corrected chi connectivity index (χ4v) is 3.09. The van der Waals surface area contributed by atoms with Crippen LogP contribution in [-0.2, 0) is 13.2 Å². The van der Waals surface area contributed by atoms with E-state index >= 15 is 0 Å². The molecule has 112 valence electrons. The molecule has 0 saturated heterocycles. The van der Waals surface area contributed by atoms with Gasteiger partial charge < -0.3 is 10.4 Å². The van der Waals surface area contributed by atoms with E-state index in [0.717, 1.165) is 12.1 Å². The number of aryl methyl sites for hydroxylation is 3. The third-order valence-electron chi connectivity index (χ3n) is 3.96. The predicted octanol–water partition coefficient (Wildman–Crippen LogP) is 3.95. The van der Waals surface area contributed by atoms with Crippen molar-refractivity contribution in [3.8, 4) is 0 Å². The van der Waals surface area contributed by atoms with Gasteiger partial charge in [-0.1, -0.05) is 42.0 Å². The average Bonchev–Trinajstić information content (AvgIpc) is 2.44. The Morgan fingerprint density at radius 1 is 1.00 bits per heavy atom. The fourth-order valence-electron chi connectivity index (χ4n) is 3.09. The molecular weight excluding hydrogens is 258 g/mol. The average molecular weight is 283 g/mol. The van der Waals surface area contributed by atoms with Crippen LogP contribution >= 0.6 is 0 Å². The molecule has 0 bridgehead atoms. The van der Waals surface area contributed by atoms with Gasteiger partial charge in [-0.3, -0.25) is 0 Å². The molecule has 2 aromatic rings. The first-order valence-electron chi connectivity index (χ1n) is 7.51. The van der Waals surface area contributed by atoms with Crippen LogP contribution in [0.1, 0.15) is 46.3 Å². The molecule has 2 nitrogen and oxygen atoms in total. The second kappa shape index (κ2) is 6.88. The topological polar surface area (TPSA) is 32.3 Å². The lowest BCUT2D eigenvalue weighted by atomic mass is 9.95. The number of aliphatic hydroxyl groups is 1. The Kier molecular flexibility index (Phi) is 5.16. The first-order valence-corrected chi connectivity index (χ1v) is 7.51. The molecular formula is C19H25NO. The van der Waals surface area contributed by atoms with Gasteiger partial charge in [0.2, 0.25) is 0 Å². The van der Waals surface area contributed by atoms with Crippen molar-refractivity contribution in [2.75, 3.05) is 0 Å². The number of rotatable bonds is 5. The van der Waals surface area contributed by atoms with Gasteiger partial charge in [0.25, 0.3) is 0 Å². The molecule has 1 unspecified atom stereocenters. The standard InChI is InChI=1S/C19H25NO/c1-13-8-14(2)19(15(3)9-13)16(4)20-11-17-6-5-7-18(10-17)12-21/h5-10,16,20-21H,11-12H2,1-4H3. The largest absolute Gasteiger partial charge is 0.392 e. The van der Waals surface area contributed by atoms with Crippen LogP contribution in [0.5, 0.6) is 0 Å². The van der Waals surface area contributed by atoms with Gasteiger partial charge in [0, 0.05) is 12.6 Å². The van der Waals surface area contributed by atoms with Gasteiger partial charge in [-0.25, -0.2) is 0 Å². The second-order valence-corrected chi connectivity index (χ2v) is 5.89. The Balaban J connectivity index is 2.10. The predicted molar refractivity (Wildman–Crippen MR) is 88.3 cm³/mol. The summed E-state index contributed by atoms with van der Waals surface area (Å²) in [5.41, 5.74) is 7.56. The van der Waals surface area contributed by atoms with Gasteiger partial charge in [0.1, 0.15) is 0 Å². The minimum atomic E-state index is 0.0968. The zero-order valence-electron chi connectivity index (χ0n) is 13.4. The third-order valence-corrected chi connectivity index (χ3v) is 3.96. The van der Waals surface area contributed by atoms with Crippen molar-refractivity contribution >= 4 is 0 Å². The molecule has 0 fully saturated rings. The molecule has 2 N–H and O–H groups in total. The zero-order chi connectivity index (χ0) is 15.4. The lowest BCUT2D eigenvalue weighted by molar-refractivity contribution is 0.281. The molecule has 2 rings (SSSR count). The maximum atomic E-state index is 9.20. The number of nitrogens with one attached hydrogen (secondary N) is 1. The third kappa shape index (κ3) is 3.93. The van der Waals surface area contributed by atoms with Crippen LogP contribution < -0.4 is 5.32 Å². The minimum absolute atomic E-state index is 0.0968. The first-order chi connectivity index (χ1) is 10.0. The van der Waals surface area contributed by atoms with Crippen molar-refractivity contribution in [1.82, 2.24) is 5.32 Å². The van der Waals surface area contributed by atoms with E-state index < -0.39 is 0 Å². The number of hydrogen-bond donors (Lipinski definition) is 2. The van der Waals surface area contributed by atoms with E-state index in [4.69, 9.17) is 0 Å². The molecule has 0 aromatic heterocycles. The van der Waals surface area contributed by atoms with Crippen LogP contribution in [0.4, 0.5) is 0 Å². The van der Waals surface area contributed by atoms with Crippen molar-refractivity contribution in [2.45, 2.75) is 46.9 Å². The summed E-state index contributed by atoms with van der Waals surface area (Å²) in [5, 5.41) is 12.8. The minimum Gasteiger partial charge on any atom is -0.392 e. The van der Waals surface area contributed by atoms with E-state index in [0.29, 0.717) is 6.04 Å². The summed E-state index contributed by atoms with van der Waals surface area (Å²) >= 11 is 0. The van der Waals surface area contributed by atoms with Gasteiger partial charge in [0.15, 0.2) is 0 Å². The lowest BCUT2D eigenvalue weighted by Gasteiger charge is -2.20. The summed E-state index contributed by atoms with van der Waals surface area (Å²) < 4.78 is 0. The van der Waals surface area contributed by atoms with Gasteiger partial charge in [-0.2, -0.15) is 0 Å². The highest BCUT2D eigenvalue weighted by Gasteiger charge is 2.11. The summed E-state index contributed by atoms with van der Waals surface area (Å²) in [7, 11) is 0. The van der Waals surface area contributed by atoms with Crippen molar-refractivity contribution in [3.63, 3.8) is 0 Å². The first kappa shape index (κ1) is 15.7. The molecule has 0 heterocycles. The summed E-state index contributed by atoms with van der Waals surface area (Å²) in [6.45, 7) is 9.62. The van der Waals surface area contributed by atoms with Gasteiger partial charge in [-0.05, 0) is 55.5 Å². The summed E-state index contributed by atoms with van der Waals surface area (Å²) in [6, 6.07) is 12.9. The van der Waals surface area contributed by atoms with Crippen molar-refractivity contribution in [2.24, 2.45) is 0 Å². The Morgan fingerprint density at radius 2 is 1.62 bits per heavy atom. The number of benzene rings is 2. The second-order valence-electron chi connectivity index (χ2n) is 5.89. The highest BCUT2D eigenvalue weighted by atomic mass is 16.3. The van der Waals surface area contributed by atoms with Crippen molar-refractivity contribution in [3.05, 3.63) is 69.8 Å². The van der Waals surface area contributed by atoms with E-state index in [1.165, 1.54) is 27.8 Å². The highest BCUT2D eigenvalue weighted by molar-refractivity contribution is 5.39. The fraction of sp³-hybridized carbons (Fsp3) is 0.368. The Morgan fingerprint density at radius 3 is 2.24 bits per heavy atom. The molecule has 0 aliphatic rings. The molecule has 1 atom stereocenters. The molecule has 2 aromatic carbocycles. The normalized spacial score (nSPS) is 12.4. The van der Waals surface area contributed by atoms with Gasteiger partial charge in [0.05, 0.1) is 6.61 Å². The highest BCUT2D eigenvalue weighted by Crippen LogP contribution is 2.23. The molecule has 0 saturated carbocycles. The van der Waals surface area contributed by atoms with E-state index in [1.807, 2.05) is 12.1 Å². The molecule has 21 heavy (non-hydrogen) atoms. The number of aliphatic hydroxyl groups excluding tert-OH is 1. The van der Waals surface area contributed by atoms with Crippen LogP contribution in [0.25, 0.3) is 0 Å². The molecule has 0 radical (unpaired) electrons. The van der Waals surface area contributed by atoms with Crippen molar-refractivity contribution < 1.29 is 5.11 Å². The van der Waals surface area contributed by atoms with Crippen LogP contribution in [-0.4, -0.2) is 5.11 Å². The zero-order valence-corrected chi connectivity index (χ0v) is 13.4. The van der Waals surface area contributed by atoms with E-state index in [9.17, 15) is 5.11 Å². The lowest BCUT2D eigenvalue weighted by Crippen LogP contribution is -2.20. The Hall–Kier alpha value is -1.64. The molecule has 0 aliphatic carbocycles.